The number of thiocarbonyl (C=S) groups is 1. The van der Waals surface area contributed by atoms with Crippen LogP contribution < -0.4 is 10.6 Å². The number of oxazole rings is 1. The lowest BCUT2D eigenvalue weighted by Crippen LogP contribution is -2.32. The van der Waals surface area contributed by atoms with E-state index in [1.807, 2.05) is 30.3 Å². The number of amides is 1. The molecule has 24 heavy (non-hydrogen) atoms. The molecule has 1 aromatic heterocycles. The van der Waals surface area contributed by atoms with Crippen LogP contribution in [-0.4, -0.2) is 16.0 Å². The normalized spacial score (nSPS) is 10.6. The molecule has 7 heteroatoms. The van der Waals surface area contributed by atoms with Gasteiger partial charge in [0.1, 0.15) is 5.52 Å². The molecule has 122 valence electrons. The van der Waals surface area contributed by atoms with Crippen molar-refractivity contribution in [2.45, 2.75) is 13.3 Å². The molecule has 0 aliphatic carbocycles. The maximum Gasteiger partial charge on any atom is 0.222 e. The lowest BCUT2D eigenvalue weighted by atomic mass is 10.1. The van der Waals surface area contributed by atoms with Crippen LogP contribution >= 0.6 is 23.8 Å². The van der Waals surface area contributed by atoms with Gasteiger partial charge in [0, 0.05) is 24.1 Å². The minimum Gasteiger partial charge on any atom is -0.440 e. The highest BCUT2D eigenvalue weighted by molar-refractivity contribution is 7.80. The maximum atomic E-state index is 10.9. The summed E-state index contributed by atoms with van der Waals surface area (Å²) >= 11 is 11.0. The van der Waals surface area contributed by atoms with Crippen LogP contribution in [0.1, 0.15) is 18.4 Å². The predicted octanol–water partition coefficient (Wildman–Crippen LogP) is 3.90. The first-order chi connectivity index (χ1) is 11.5. The van der Waals surface area contributed by atoms with Crippen LogP contribution in [0.2, 0.25) is 5.02 Å². The molecule has 1 amide bonds. The summed E-state index contributed by atoms with van der Waals surface area (Å²) in [4.78, 5) is 15.4. The quantitative estimate of drug-likeness (QED) is 0.694. The van der Waals surface area contributed by atoms with Crippen molar-refractivity contribution >= 4 is 51.6 Å². The van der Waals surface area contributed by atoms with E-state index in [0.717, 1.165) is 16.8 Å². The first-order valence-electron chi connectivity index (χ1n) is 7.22. The Bertz CT molecular complexity index is 906. The van der Waals surface area contributed by atoms with Gasteiger partial charge in [0.05, 0.1) is 0 Å². The summed E-state index contributed by atoms with van der Waals surface area (Å²) in [5.74, 6) is 0.418. The summed E-state index contributed by atoms with van der Waals surface area (Å²) in [7, 11) is 0. The number of nitrogens with one attached hydrogen (secondary N) is 2. The molecular formula is C17H14ClN3O2S. The fourth-order valence-corrected chi connectivity index (χ4v) is 2.65. The van der Waals surface area contributed by atoms with Crippen molar-refractivity contribution in [2.24, 2.45) is 0 Å². The summed E-state index contributed by atoms with van der Waals surface area (Å²) in [6.45, 7) is 1.41. The largest absolute Gasteiger partial charge is 0.440 e. The van der Waals surface area contributed by atoms with Crippen LogP contribution in [0.3, 0.4) is 0 Å². The number of nitrogens with zero attached hydrogens (tertiary/aromatic N) is 1. The van der Waals surface area contributed by atoms with Crippen LogP contribution in [0.4, 0.5) is 5.69 Å². The average Bonchev–Trinajstić information content (AvgIpc) is 2.89. The molecule has 0 unspecified atom stereocenters. The van der Waals surface area contributed by atoms with Crippen molar-refractivity contribution in [1.29, 1.82) is 0 Å². The van der Waals surface area contributed by atoms with Crippen LogP contribution in [0.25, 0.3) is 11.1 Å². The van der Waals surface area contributed by atoms with Crippen molar-refractivity contribution < 1.29 is 9.21 Å². The molecule has 0 fully saturated rings. The number of aromatic nitrogens is 1. The minimum atomic E-state index is -0.208. The molecule has 0 atom stereocenters. The Balaban J connectivity index is 1.68. The third-order valence-electron chi connectivity index (χ3n) is 3.25. The predicted molar refractivity (Wildman–Crippen MR) is 98.3 cm³/mol. The molecule has 1 heterocycles. The van der Waals surface area contributed by atoms with Crippen molar-refractivity contribution in [2.75, 3.05) is 5.32 Å². The zero-order valence-corrected chi connectivity index (χ0v) is 14.4. The number of benzene rings is 2. The lowest BCUT2D eigenvalue weighted by Gasteiger charge is -2.08. The van der Waals surface area contributed by atoms with E-state index < -0.39 is 0 Å². The molecule has 0 bridgehead atoms. The lowest BCUT2D eigenvalue weighted by molar-refractivity contribution is -0.117. The van der Waals surface area contributed by atoms with E-state index in [2.05, 4.69) is 15.6 Å². The Kier molecular flexibility index (Phi) is 4.78. The molecule has 0 aliphatic heterocycles. The molecule has 0 spiro atoms. The van der Waals surface area contributed by atoms with Crippen molar-refractivity contribution in [3.05, 3.63) is 58.9 Å². The summed E-state index contributed by atoms with van der Waals surface area (Å²) < 4.78 is 5.71. The standard InChI is InChI=1S/C17H14ClN3O2S/c1-10(22)19-17(24)20-13-5-2-11(3-6-13)8-16-21-14-9-12(18)4-7-15(14)23-16/h2-7,9H,8H2,1H3,(H2,19,20,22,24). The van der Waals surface area contributed by atoms with Crippen LogP contribution in [0, 0.1) is 0 Å². The van der Waals surface area contributed by atoms with Gasteiger partial charge < -0.3 is 15.1 Å². The van der Waals surface area contributed by atoms with Gasteiger partial charge in [-0.15, -0.1) is 0 Å². The number of carbonyl (C=O) groups is 1. The minimum absolute atomic E-state index is 0.208. The van der Waals surface area contributed by atoms with Crippen molar-refractivity contribution in [1.82, 2.24) is 10.3 Å². The fraction of sp³-hybridized carbons (Fsp3) is 0.118. The van der Waals surface area contributed by atoms with E-state index in [0.29, 0.717) is 22.9 Å². The number of fused-ring (bicyclic) bond motifs is 1. The van der Waals surface area contributed by atoms with E-state index in [9.17, 15) is 4.79 Å². The first-order valence-corrected chi connectivity index (χ1v) is 8.01. The van der Waals surface area contributed by atoms with Gasteiger partial charge in [0.25, 0.3) is 0 Å². The number of carbonyl (C=O) groups excluding carboxylic acids is 1. The highest BCUT2D eigenvalue weighted by Gasteiger charge is 2.07. The topological polar surface area (TPSA) is 67.2 Å². The second-order valence-corrected chi connectivity index (χ2v) is 6.07. The Morgan fingerprint density at radius 3 is 2.71 bits per heavy atom. The van der Waals surface area contributed by atoms with Gasteiger partial charge in [-0.25, -0.2) is 4.98 Å². The Labute approximate surface area is 149 Å². The van der Waals surface area contributed by atoms with Crippen LogP contribution in [-0.2, 0) is 11.2 Å². The molecule has 2 N–H and O–H groups in total. The SMILES string of the molecule is CC(=O)NC(=S)Nc1ccc(Cc2nc3cc(Cl)ccc3o2)cc1. The molecule has 5 nitrogen and oxygen atoms in total. The molecule has 0 saturated carbocycles. The maximum absolute atomic E-state index is 10.9. The van der Waals surface area contributed by atoms with E-state index >= 15 is 0 Å². The fourth-order valence-electron chi connectivity index (χ4n) is 2.23. The Morgan fingerprint density at radius 2 is 2.00 bits per heavy atom. The van der Waals surface area contributed by atoms with Crippen LogP contribution in [0.15, 0.2) is 46.9 Å². The number of hydrogen-bond donors (Lipinski definition) is 2. The summed E-state index contributed by atoms with van der Waals surface area (Å²) in [6, 6.07) is 13.0. The average molecular weight is 360 g/mol. The van der Waals surface area contributed by atoms with Gasteiger partial charge in [0.15, 0.2) is 16.6 Å². The summed E-state index contributed by atoms with van der Waals surface area (Å²) in [6.07, 6.45) is 0.572. The highest BCUT2D eigenvalue weighted by atomic mass is 35.5. The van der Waals surface area contributed by atoms with Gasteiger partial charge in [-0.1, -0.05) is 23.7 Å². The molecule has 0 aliphatic rings. The summed E-state index contributed by atoms with van der Waals surface area (Å²) in [5.41, 5.74) is 3.30. The molecular weight excluding hydrogens is 346 g/mol. The number of anilines is 1. The van der Waals surface area contributed by atoms with Gasteiger partial charge in [0.2, 0.25) is 5.91 Å². The van der Waals surface area contributed by atoms with E-state index in [-0.39, 0.29) is 11.0 Å². The molecule has 3 aromatic rings. The Hall–Kier alpha value is -2.44. The molecule has 0 saturated heterocycles. The van der Waals surface area contributed by atoms with Gasteiger partial charge in [-0.05, 0) is 48.1 Å². The number of hydrogen-bond acceptors (Lipinski definition) is 4. The second kappa shape index (κ2) is 6.98. The van der Waals surface area contributed by atoms with E-state index in [1.54, 1.807) is 12.1 Å². The van der Waals surface area contributed by atoms with Crippen molar-refractivity contribution in [3.63, 3.8) is 0 Å². The molecule has 2 aromatic carbocycles. The van der Waals surface area contributed by atoms with Gasteiger partial charge in [-0.2, -0.15) is 0 Å². The zero-order valence-electron chi connectivity index (χ0n) is 12.8. The summed E-state index contributed by atoms with van der Waals surface area (Å²) in [5, 5.41) is 6.35. The van der Waals surface area contributed by atoms with Crippen molar-refractivity contribution in [3.8, 4) is 0 Å². The van der Waals surface area contributed by atoms with Gasteiger partial charge >= 0.3 is 0 Å². The highest BCUT2D eigenvalue weighted by Crippen LogP contribution is 2.21. The third-order valence-corrected chi connectivity index (χ3v) is 3.69. The van der Waals surface area contributed by atoms with Crippen LogP contribution in [0.5, 0.6) is 0 Å². The first kappa shape index (κ1) is 16.4. The molecule has 3 rings (SSSR count). The molecule has 0 radical (unpaired) electrons. The van der Waals surface area contributed by atoms with E-state index in [4.69, 9.17) is 28.2 Å². The second-order valence-electron chi connectivity index (χ2n) is 5.23. The smallest absolute Gasteiger partial charge is 0.222 e. The Morgan fingerprint density at radius 1 is 1.25 bits per heavy atom. The number of rotatable bonds is 3. The zero-order chi connectivity index (χ0) is 17.1. The van der Waals surface area contributed by atoms with Gasteiger partial charge in [-0.3, -0.25) is 4.79 Å². The van der Waals surface area contributed by atoms with E-state index in [1.165, 1.54) is 6.92 Å². The third kappa shape index (κ3) is 4.10. The monoisotopic (exact) mass is 359 g/mol. The number of halogens is 1.